The molecule has 0 saturated carbocycles. The van der Waals surface area contributed by atoms with E-state index in [0.29, 0.717) is 49.0 Å². The summed E-state index contributed by atoms with van der Waals surface area (Å²) in [6, 6.07) is 7.47. The van der Waals surface area contributed by atoms with Crippen LogP contribution in [0.2, 0.25) is 5.02 Å². The lowest BCUT2D eigenvalue weighted by atomic mass is 10.0. The quantitative estimate of drug-likeness (QED) is 0.315. The van der Waals surface area contributed by atoms with E-state index in [1.807, 2.05) is 6.92 Å². The number of hydrogen-bond donors (Lipinski definition) is 1. The van der Waals surface area contributed by atoms with Crippen molar-refractivity contribution in [2.45, 2.75) is 44.8 Å². The molecule has 4 aromatic rings. The van der Waals surface area contributed by atoms with Crippen LogP contribution in [0.25, 0.3) is 21.3 Å². The van der Waals surface area contributed by atoms with Crippen LogP contribution in [0.5, 0.6) is 5.75 Å². The highest BCUT2D eigenvalue weighted by molar-refractivity contribution is 7.19. The minimum absolute atomic E-state index is 0.225. The maximum atomic E-state index is 12.9. The van der Waals surface area contributed by atoms with Crippen molar-refractivity contribution in [3.8, 4) is 16.9 Å². The summed E-state index contributed by atoms with van der Waals surface area (Å²) in [6.45, 7) is 0.570. The van der Waals surface area contributed by atoms with Gasteiger partial charge in [0.25, 0.3) is 5.56 Å². The number of esters is 1. The number of carbonyl (C=O) groups is 1. The van der Waals surface area contributed by atoms with Gasteiger partial charge in [0.1, 0.15) is 24.4 Å². The van der Waals surface area contributed by atoms with Gasteiger partial charge in [0, 0.05) is 52.5 Å². The number of carbonyl (C=O) groups excluding carboxylic acids is 1. The molecule has 9 nitrogen and oxygen atoms in total. The van der Waals surface area contributed by atoms with Gasteiger partial charge in [-0.05, 0) is 36.8 Å². The molecule has 0 radical (unpaired) electrons. The molecule has 1 aromatic carbocycles. The molecule has 0 unspecified atom stereocenters. The SMILES string of the molecule is COC(=O)[C@H]1C[C@H](Oc2c(C)cc(Cl)cc2-c2ccnc3cc(Cn4c(=O)ccn(CC(F)(F)F)c4=O)sc23)CN1. The van der Waals surface area contributed by atoms with E-state index in [1.165, 1.54) is 18.4 Å². The number of pyridine rings is 1. The molecule has 4 heterocycles. The van der Waals surface area contributed by atoms with Gasteiger partial charge in [-0.25, -0.2) is 4.79 Å². The lowest BCUT2D eigenvalue weighted by molar-refractivity contribution is -0.143. The fraction of sp³-hybridized carbons (Fsp3) is 0.333. The Morgan fingerprint density at radius 3 is 2.73 bits per heavy atom. The number of benzene rings is 1. The van der Waals surface area contributed by atoms with Gasteiger partial charge >= 0.3 is 17.8 Å². The number of nitrogens with zero attached hydrogens (tertiary/aromatic N) is 3. The lowest BCUT2D eigenvalue weighted by Crippen LogP contribution is -2.41. The first-order chi connectivity index (χ1) is 19.4. The smallest absolute Gasteiger partial charge is 0.406 e. The normalized spacial score (nSPS) is 17.2. The van der Waals surface area contributed by atoms with Gasteiger partial charge < -0.3 is 14.8 Å². The molecule has 1 aliphatic heterocycles. The second-order valence-corrected chi connectivity index (χ2v) is 11.2. The van der Waals surface area contributed by atoms with Gasteiger partial charge in [-0.3, -0.25) is 23.7 Å². The van der Waals surface area contributed by atoms with Crippen molar-refractivity contribution >= 4 is 39.1 Å². The second kappa shape index (κ2) is 11.3. The van der Waals surface area contributed by atoms with Crippen LogP contribution in [0.3, 0.4) is 0 Å². The number of hydrogen-bond acceptors (Lipinski definition) is 8. The molecule has 41 heavy (non-hydrogen) atoms. The van der Waals surface area contributed by atoms with E-state index >= 15 is 0 Å². The van der Waals surface area contributed by atoms with Crippen molar-refractivity contribution in [3.05, 3.63) is 79.0 Å². The standard InChI is InChI=1S/C27H24ClF3N4O5S/c1-14-7-15(28)8-19(23(14)40-16-9-21(33-11-16)25(37)39-2)18-3-5-32-20-10-17(41-24(18)20)12-35-22(36)4-6-34(26(35)38)13-27(29,30)31/h3-8,10,16,21,33H,9,11-13H2,1-2H3/t16-,21+/m0/s1. The predicted octanol–water partition coefficient (Wildman–Crippen LogP) is 4.14. The Morgan fingerprint density at radius 2 is 2.00 bits per heavy atom. The molecule has 1 N–H and O–H groups in total. The van der Waals surface area contributed by atoms with Crippen LogP contribution >= 0.6 is 22.9 Å². The first-order valence-corrected chi connectivity index (χ1v) is 13.7. The zero-order valence-corrected chi connectivity index (χ0v) is 23.4. The average molecular weight is 609 g/mol. The van der Waals surface area contributed by atoms with Crippen LogP contribution in [-0.4, -0.2) is 52.1 Å². The average Bonchev–Trinajstić information content (AvgIpc) is 3.55. The minimum atomic E-state index is -4.62. The third-order valence-corrected chi connectivity index (χ3v) is 8.02. The molecule has 0 spiro atoms. The molecule has 216 valence electrons. The highest BCUT2D eigenvalue weighted by atomic mass is 35.5. The summed E-state index contributed by atoms with van der Waals surface area (Å²) in [5, 5.41) is 3.57. The summed E-state index contributed by atoms with van der Waals surface area (Å²) < 4.78 is 51.9. The fourth-order valence-electron chi connectivity index (χ4n) is 4.82. The molecular formula is C27H24ClF3N4O5S. The summed E-state index contributed by atoms with van der Waals surface area (Å²) in [5.41, 5.74) is 0.988. The molecule has 0 aliphatic carbocycles. The third-order valence-electron chi connectivity index (χ3n) is 6.66. The number of ether oxygens (including phenoxy) is 2. The number of thiophene rings is 1. The minimum Gasteiger partial charge on any atom is -0.488 e. The van der Waals surface area contributed by atoms with Crippen molar-refractivity contribution in [1.29, 1.82) is 0 Å². The zero-order chi connectivity index (χ0) is 29.5. The molecule has 5 rings (SSSR count). The van der Waals surface area contributed by atoms with Gasteiger partial charge in [0.15, 0.2) is 0 Å². The van der Waals surface area contributed by atoms with Crippen LogP contribution in [0.4, 0.5) is 13.2 Å². The number of aromatic nitrogens is 3. The fourth-order valence-corrected chi connectivity index (χ4v) is 6.22. The lowest BCUT2D eigenvalue weighted by Gasteiger charge is -2.19. The number of alkyl halides is 3. The first kappa shape index (κ1) is 28.8. The van der Waals surface area contributed by atoms with Crippen LogP contribution < -0.4 is 21.3 Å². The van der Waals surface area contributed by atoms with Gasteiger partial charge in [0.2, 0.25) is 0 Å². The topological polar surface area (TPSA) is 104 Å². The van der Waals surface area contributed by atoms with E-state index in [0.717, 1.165) is 28.0 Å². The molecule has 0 amide bonds. The van der Waals surface area contributed by atoms with E-state index in [1.54, 1.807) is 30.5 Å². The van der Waals surface area contributed by atoms with Gasteiger partial charge in [-0.15, -0.1) is 11.3 Å². The van der Waals surface area contributed by atoms with Gasteiger partial charge in [-0.2, -0.15) is 13.2 Å². The number of fused-ring (bicyclic) bond motifs is 1. The zero-order valence-electron chi connectivity index (χ0n) is 21.8. The number of methoxy groups -OCH3 is 1. The van der Waals surface area contributed by atoms with Crippen molar-refractivity contribution in [2.75, 3.05) is 13.7 Å². The second-order valence-electron chi connectivity index (χ2n) is 9.61. The monoisotopic (exact) mass is 608 g/mol. The van der Waals surface area contributed by atoms with Crippen LogP contribution in [0.15, 0.2) is 52.3 Å². The molecule has 1 aliphatic rings. The maximum absolute atomic E-state index is 12.9. The molecule has 3 aromatic heterocycles. The van der Waals surface area contributed by atoms with Gasteiger partial charge in [-0.1, -0.05) is 11.6 Å². The Hall–Kier alpha value is -3.68. The van der Waals surface area contributed by atoms with E-state index in [9.17, 15) is 27.6 Å². The predicted molar refractivity (Wildman–Crippen MR) is 148 cm³/mol. The van der Waals surface area contributed by atoms with Crippen molar-refractivity contribution < 1.29 is 27.4 Å². The Morgan fingerprint density at radius 1 is 1.22 bits per heavy atom. The number of rotatable bonds is 7. The largest absolute Gasteiger partial charge is 0.488 e. The summed E-state index contributed by atoms with van der Waals surface area (Å²) in [5.74, 6) is 0.206. The molecule has 0 bridgehead atoms. The van der Waals surface area contributed by atoms with Gasteiger partial charge in [0.05, 0.1) is 23.9 Å². The van der Waals surface area contributed by atoms with E-state index in [-0.39, 0.29) is 18.6 Å². The van der Waals surface area contributed by atoms with E-state index in [4.69, 9.17) is 21.1 Å². The molecule has 1 fully saturated rings. The van der Waals surface area contributed by atoms with Crippen molar-refractivity contribution in [2.24, 2.45) is 0 Å². The summed E-state index contributed by atoms with van der Waals surface area (Å²) in [6.07, 6.45) is -2.07. The molecule has 2 atom stereocenters. The summed E-state index contributed by atoms with van der Waals surface area (Å²) >= 11 is 7.69. The number of halogens is 4. The van der Waals surface area contributed by atoms with Crippen molar-refractivity contribution in [1.82, 2.24) is 19.4 Å². The van der Waals surface area contributed by atoms with E-state index in [2.05, 4.69) is 10.3 Å². The molecule has 14 heteroatoms. The Kier molecular flexibility index (Phi) is 7.95. The van der Waals surface area contributed by atoms with Crippen LogP contribution in [-0.2, 0) is 22.6 Å². The van der Waals surface area contributed by atoms with Crippen LogP contribution in [0, 0.1) is 6.92 Å². The highest BCUT2D eigenvalue weighted by Crippen LogP contribution is 2.42. The Balaban J connectivity index is 1.51. The highest BCUT2D eigenvalue weighted by Gasteiger charge is 2.32. The van der Waals surface area contributed by atoms with Crippen LogP contribution in [0.1, 0.15) is 16.9 Å². The maximum Gasteiger partial charge on any atom is 0.406 e. The third kappa shape index (κ3) is 6.16. The van der Waals surface area contributed by atoms with E-state index < -0.39 is 30.0 Å². The summed E-state index contributed by atoms with van der Waals surface area (Å²) in [4.78, 5) is 42.0. The molecular weight excluding hydrogens is 585 g/mol. The number of nitrogens with one attached hydrogen (secondary N) is 1. The first-order valence-electron chi connectivity index (χ1n) is 12.5. The van der Waals surface area contributed by atoms with Crippen molar-refractivity contribution in [3.63, 3.8) is 0 Å². The molecule has 1 saturated heterocycles. The Labute approximate surface area is 240 Å². The number of aryl methyl sites for hydroxylation is 1. The Bertz CT molecular complexity index is 1750. The summed E-state index contributed by atoms with van der Waals surface area (Å²) in [7, 11) is 1.33.